The predicted molar refractivity (Wildman–Crippen MR) is 101 cm³/mol. The number of nitrogens with one attached hydrogen (secondary N) is 1. The molecule has 0 spiro atoms. The van der Waals surface area contributed by atoms with Crippen LogP contribution in [0.15, 0.2) is 35.2 Å². The molecule has 0 aliphatic rings. The molecule has 0 saturated heterocycles. The largest absolute Gasteiger partial charge is 0.497 e. The molecule has 150 valence electrons. The number of methoxy groups -OCH3 is 1. The van der Waals surface area contributed by atoms with Crippen molar-refractivity contribution in [1.82, 2.24) is 0 Å². The van der Waals surface area contributed by atoms with Gasteiger partial charge in [-0.15, -0.1) is 0 Å². The average molecular weight is 428 g/mol. The van der Waals surface area contributed by atoms with Gasteiger partial charge in [0.2, 0.25) is 5.91 Å². The van der Waals surface area contributed by atoms with Crippen LogP contribution in [0.25, 0.3) is 0 Å². The van der Waals surface area contributed by atoms with E-state index in [4.69, 9.17) is 9.47 Å². The van der Waals surface area contributed by atoms with Gasteiger partial charge in [-0.05, 0) is 42.5 Å². The number of nitrogens with zero attached hydrogens (tertiary/aromatic N) is 1. The van der Waals surface area contributed by atoms with Gasteiger partial charge in [0.15, 0.2) is 9.84 Å². The van der Waals surface area contributed by atoms with E-state index >= 15 is 0 Å². The highest BCUT2D eigenvalue weighted by Gasteiger charge is 2.26. The number of nitro groups is 1. The Morgan fingerprint density at radius 2 is 1.89 bits per heavy atom. The highest BCUT2D eigenvalue weighted by molar-refractivity contribution is 7.92. The minimum absolute atomic E-state index is 0.0295. The van der Waals surface area contributed by atoms with E-state index in [1.165, 1.54) is 31.4 Å². The summed E-state index contributed by atoms with van der Waals surface area (Å²) < 4.78 is 34.5. The van der Waals surface area contributed by atoms with E-state index in [0.717, 1.165) is 6.07 Å². The van der Waals surface area contributed by atoms with Crippen LogP contribution in [0.4, 0.5) is 10.0 Å². The molecule has 1 aromatic heterocycles. The number of sulfone groups is 1. The molecule has 1 heterocycles. The van der Waals surface area contributed by atoms with Gasteiger partial charge >= 0.3 is 11.0 Å². The Hall–Kier alpha value is -2.99. The summed E-state index contributed by atoms with van der Waals surface area (Å²) in [5.41, 5.74) is -0.214. The second-order valence-electron chi connectivity index (χ2n) is 5.29. The smallest absolute Gasteiger partial charge is 0.341 e. The van der Waals surface area contributed by atoms with E-state index in [9.17, 15) is 28.1 Å². The van der Waals surface area contributed by atoms with E-state index in [2.05, 4.69) is 5.32 Å². The van der Waals surface area contributed by atoms with Crippen LogP contribution in [0.1, 0.15) is 17.3 Å². The number of carbonyl (C=O) groups is 2. The summed E-state index contributed by atoms with van der Waals surface area (Å²) in [5.74, 6) is -2.26. The first-order valence-electron chi connectivity index (χ1n) is 7.80. The van der Waals surface area contributed by atoms with Gasteiger partial charge in [0, 0.05) is 6.07 Å². The molecule has 0 bridgehead atoms. The highest BCUT2D eigenvalue weighted by Crippen LogP contribution is 2.34. The number of esters is 1. The fourth-order valence-electron chi connectivity index (χ4n) is 2.12. The number of ether oxygens (including phenoxy) is 2. The number of anilines is 1. The molecule has 2 rings (SSSR count). The lowest BCUT2D eigenvalue weighted by Gasteiger charge is -2.07. The molecule has 0 aliphatic heterocycles. The van der Waals surface area contributed by atoms with Crippen LogP contribution in [0.5, 0.6) is 5.75 Å². The Balaban J connectivity index is 2.21. The zero-order valence-corrected chi connectivity index (χ0v) is 16.5. The summed E-state index contributed by atoms with van der Waals surface area (Å²) in [4.78, 5) is 34.3. The van der Waals surface area contributed by atoms with E-state index in [1.807, 2.05) is 0 Å². The summed E-state index contributed by atoms with van der Waals surface area (Å²) in [7, 11) is -2.54. The van der Waals surface area contributed by atoms with Gasteiger partial charge in [-0.3, -0.25) is 14.9 Å². The van der Waals surface area contributed by atoms with Crippen molar-refractivity contribution in [1.29, 1.82) is 0 Å². The average Bonchev–Trinajstić information content (AvgIpc) is 3.05. The van der Waals surface area contributed by atoms with Crippen LogP contribution in [0.3, 0.4) is 0 Å². The van der Waals surface area contributed by atoms with Crippen LogP contribution in [-0.2, 0) is 19.4 Å². The molecule has 0 fully saturated rings. The second kappa shape index (κ2) is 8.80. The predicted octanol–water partition coefficient (Wildman–Crippen LogP) is 2.25. The molecule has 10 nitrogen and oxygen atoms in total. The summed E-state index contributed by atoms with van der Waals surface area (Å²) >= 11 is 0.534. The summed E-state index contributed by atoms with van der Waals surface area (Å²) in [6.45, 7) is 1.58. The van der Waals surface area contributed by atoms with Gasteiger partial charge in [-0.1, -0.05) is 0 Å². The first kappa shape index (κ1) is 21.3. The third-order valence-corrected chi connectivity index (χ3v) is 6.02. The number of amides is 1. The van der Waals surface area contributed by atoms with Crippen molar-refractivity contribution in [2.45, 2.75) is 11.8 Å². The first-order chi connectivity index (χ1) is 13.2. The maximum Gasteiger partial charge on any atom is 0.341 e. The van der Waals surface area contributed by atoms with E-state index in [0.29, 0.717) is 17.1 Å². The fourth-order valence-corrected chi connectivity index (χ4v) is 4.14. The van der Waals surface area contributed by atoms with Gasteiger partial charge in [0.05, 0.1) is 23.5 Å². The number of hydrogen-bond donors (Lipinski definition) is 1. The van der Waals surface area contributed by atoms with Crippen LogP contribution in [0.2, 0.25) is 0 Å². The quantitative estimate of drug-likeness (QED) is 0.383. The van der Waals surface area contributed by atoms with Crippen LogP contribution in [0, 0.1) is 10.1 Å². The standard InChI is InChI=1S/C16H16N2O8S2/c1-3-26-16(20)12-8-14(18(21)22)27-15(12)17-13(19)9-28(23,24)11-6-4-10(25-2)5-7-11/h4-8H,3,9H2,1-2H3,(H,17,19). The fraction of sp³-hybridized carbons (Fsp3) is 0.250. The van der Waals surface area contributed by atoms with Crippen molar-refractivity contribution < 1.29 is 32.4 Å². The molecule has 0 atom stereocenters. The maximum atomic E-state index is 12.4. The van der Waals surface area contributed by atoms with Gasteiger partial charge < -0.3 is 14.8 Å². The highest BCUT2D eigenvalue weighted by atomic mass is 32.2. The van der Waals surface area contributed by atoms with Crippen molar-refractivity contribution in [2.75, 3.05) is 24.8 Å². The lowest BCUT2D eigenvalue weighted by Crippen LogP contribution is -2.23. The lowest BCUT2D eigenvalue weighted by atomic mass is 10.3. The normalized spacial score (nSPS) is 10.9. The molecule has 0 saturated carbocycles. The molecular weight excluding hydrogens is 412 g/mol. The molecule has 2 aromatic rings. The summed E-state index contributed by atoms with van der Waals surface area (Å²) in [5, 5.41) is 12.6. The van der Waals surface area contributed by atoms with Crippen molar-refractivity contribution in [2.24, 2.45) is 0 Å². The topological polar surface area (TPSA) is 142 Å². The van der Waals surface area contributed by atoms with Crippen LogP contribution < -0.4 is 10.1 Å². The Bertz CT molecular complexity index is 996. The van der Waals surface area contributed by atoms with Gasteiger partial charge in [0.1, 0.15) is 22.1 Å². The number of rotatable bonds is 8. The minimum atomic E-state index is -3.97. The Kier molecular flexibility index (Phi) is 6.70. The molecular formula is C16H16N2O8S2. The van der Waals surface area contributed by atoms with Gasteiger partial charge in [0.25, 0.3) is 0 Å². The van der Waals surface area contributed by atoms with E-state index < -0.39 is 37.4 Å². The molecule has 1 amide bonds. The first-order valence-corrected chi connectivity index (χ1v) is 10.3. The second-order valence-corrected chi connectivity index (χ2v) is 8.31. The lowest BCUT2D eigenvalue weighted by molar-refractivity contribution is -0.380. The van der Waals surface area contributed by atoms with Crippen LogP contribution >= 0.6 is 11.3 Å². The Morgan fingerprint density at radius 1 is 1.25 bits per heavy atom. The Morgan fingerprint density at radius 3 is 2.43 bits per heavy atom. The Labute approximate surface area is 164 Å². The number of carbonyl (C=O) groups excluding carboxylic acids is 2. The molecule has 12 heteroatoms. The number of benzene rings is 1. The number of thiophene rings is 1. The van der Waals surface area contributed by atoms with Crippen molar-refractivity contribution in [3.05, 3.63) is 46.0 Å². The zero-order valence-electron chi connectivity index (χ0n) is 14.8. The van der Waals surface area contributed by atoms with Crippen molar-refractivity contribution >= 4 is 43.1 Å². The van der Waals surface area contributed by atoms with Crippen LogP contribution in [-0.4, -0.2) is 44.7 Å². The molecule has 1 N–H and O–H groups in total. The van der Waals surface area contributed by atoms with E-state index in [1.54, 1.807) is 6.92 Å². The summed E-state index contributed by atoms with van der Waals surface area (Å²) in [6, 6.07) is 6.43. The SMILES string of the molecule is CCOC(=O)c1cc([N+](=O)[O-])sc1NC(=O)CS(=O)(=O)c1ccc(OC)cc1. The van der Waals surface area contributed by atoms with Crippen molar-refractivity contribution in [3.8, 4) is 5.75 Å². The third-order valence-electron chi connectivity index (χ3n) is 3.39. The third kappa shape index (κ3) is 5.04. The van der Waals surface area contributed by atoms with E-state index in [-0.39, 0.29) is 22.1 Å². The molecule has 0 unspecified atom stereocenters. The maximum absolute atomic E-state index is 12.4. The summed E-state index contributed by atoms with van der Waals surface area (Å²) in [6.07, 6.45) is 0. The zero-order chi connectivity index (χ0) is 20.9. The molecule has 0 radical (unpaired) electrons. The van der Waals surface area contributed by atoms with Gasteiger partial charge in [-0.2, -0.15) is 0 Å². The molecule has 28 heavy (non-hydrogen) atoms. The monoisotopic (exact) mass is 428 g/mol. The molecule has 1 aromatic carbocycles. The van der Waals surface area contributed by atoms with Crippen molar-refractivity contribution in [3.63, 3.8) is 0 Å². The number of hydrogen-bond acceptors (Lipinski definition) is 9. The minimum Gasteiger partial charge on any atom is -0.497 e. The van der Waals surface area contributed by atoms with Gasteiger partial charge in [-0.25, -0.2) is 13.2 Å². The molecule has 0 aliphatic carbocycles.